The molecule has 0 unspecified atom stereocenters. The molecule has 0 saturated carbocycles. The Kier molecular flexibility index (Phi) is 3.77. The van der Waals surface area contributed by atoms with Gasteiger partial charge in [0.2, 0.25) is 0 Å². The lowest BCUT2D eigenvalue weighted by atomic mass is 10.1. The lowest BCUT2D eigenvalue weighted by Gasteiger charge is -2.09. The SMILES string of the molecule is CCc1cc(Nc2cc(NC)ncn2)ccc1C. The third kappa shape index (κ3) is 2.77. The van der Waals surface area contributed by atoms with E-state index in [-0.39, 0.29) is 0 Å². The van der Waals surface area contributed by atoms with Crippen LogP contribution in [-0.2, 0) is 6.42 Å². The van der Waals surface area contributed by atoms with Crippen molar-refractivity contribution >= 4 is 17.3 Å². The van der Waals surface area contributed by atoms with Crippen LogP contribution in [0.3, 0.4) is 0 Å². The maximum Gasteiger partial charge on any atom is 0.135 e. The van der Waals surface area contributed by atoms with E-state index in [1.165, 1.54) is 11.1 Å². The second kappa shape index (κ2) is 5.49. The summed E-state index contributed by atoms with van der Waals surface area (Å²) in [6, 6.07) is 8.24. The van der Waals surface area contributed by atoms with E-state index in [0.29, 0.717) is 0 Å². The van der Waals surface area contributed by atoms with E-state index >= 15 is 0 Å². The van der Waals surface area contributed by atoms with E-state index in [0.717, 1.165) is 23.7 Å². The van der Waals surface area contributed by atoms with Gasteiger partial charge in [0.25, 0.3) is 0 Å². The molecule has 1 aromatic carbocycles. The van der Waals surface area contributed by atoms with E-state index in [9.17, 15) is 0 Å². The van der Waals surface area contributed by atoms with Crippen molar-refractivity contribution in [1.82, 2.24) is 9.97 Å². The first-order valence-electron chi connectivity index (χ1n) is 6.09. The molecular formula is C14H18N4. The second-order valence-electron chi connectivity index (χ2n) is 4.16. The van der Waals surface area contributed by atoms with Crippen LogP contribution in [0, 0.1) is 6.92 Å². The first kappa shape index (κ1) is 12.4. The van der Waals surface area contributed by atoms with Crippen molar-refractivity contribution in [1.29, 1.82) is 0 Å². The average Bonchev–Trinajstić information content (AvgIpc) is 2.41. The molecule has 0 spiro atoms. The zero-order valence-corrected chi connectivity index (χ0v) is 11.0. The topological polar surface area (TPSA) is 49.8 Å². The molecule has 0 radical (unpaired) electrons. The monoisotopic (exact) mass is 242 g/mol. The Morgan fingerprint density at radius 2 is 1.89 bits per heavy atom. The van der Waals surface area contributed by atoms with Crippen LogP contribution < -0.4 is 10.6 Å². The van der Waals surface area contributed by atoms with E-state index in [4.69, 9.17) is 0 Å². The van der Waals surface area contributed by atoms with Gasteiger partial charge in [0, 0.05) is 18.8 Å². The minimum absolute atomic E-state index is 0.792. The fourth-order valence-electron chi connectivity index (χ4n) is 1.84. The Bertz CT molecular complexity index is 537. The van der Waals surface area contributed by atoms with E-state index < -0.39 is 0 Å². The smallest absolute Gasteiger partial charge is 0.135 e. The first-order valence-corrected chi connectivity index (χ1v) is 6.09. The molecule has 0 atom stereocenters. The maximum absolute atomic E-state index is 4.20. The molecule has 4 nitrogen and oxygen atoms in total. The fourth-order valence-corrected chi connectivity index (χ4v) is 1.84. The highest BCUT2D eigenvalue weighted by Gasteiger charge is 2.01. The van der Waals surface area contributed by atoms with Crippen molar-refractivity contribution in [2.24, 2.45) is 0 Å². The zero-order chi connectivity index (χ0) is 13.0. The van der Waals surface area contributed by atoms with Crippen LogP contribution >= 0.6 is 0 Å². The number of hydrogen-bond donors (Lipinski definition) is 2. The van der Waals surface area contributed by atoms with Gasteiger partial charge in [-0.15, -0.1) is 0 Å². The van der Waals surface area contributed by atoms with Crippen molar-refractivity contribution in [3.05, 3.63) is 41.7 Å². The second-order valence-corrected chi connectivity index (χ2v) is 4.16. The lowest BCUT2D eigenvalue weighted by molar-refractivity contribution is 1.11. The minimum Gasteiger partial charge on any atom is -0.373 e. The number of hydrogen-bond acceptors (Lipinski definition) is 4. The van der Waals surface area contributed by atoms with Gasteiger partial charge in [-0.05, 0) is 36.6 Å². The molecule has 0 saturated heterocycles. The molecule has 94 valence electrons. The number of rotatable bonds is 4. The van der Waals surface area contributed by atoms with Crippen molar-refractivity contribution in [3.63, 3.8) is 0 Å². The third-order valence-corrected chi connectivity index (χ3v) is 2.93. The lowest BCUT2D eigenvalue weighted by Crippen LogP contribution is -1.98. The van der Waals surface area contributed by atoms with Crippen LogP contribution in [-0.4, -0.2) is 17.0 Å². The summed E-state index contributed by atoms with van der Waals surface area (Å²) in [5, 5.41) is 6.28. The predicted octanol–water partition coefficient (Wildman–Crippen LogP) is 3.13. The molecule has 2 N–H and O–H groups in total. The third-order valence-electron chi connectivity index (χ3n) is 2.93. The molecule has 0 bridgehead atoms. The van der Waals surface area contributed by atoms with Crippen molar-refractivity contribution < 1.29 is 0 Å². The molecule has 0 fully saturated rings. The van der Waals surface area contributed by atoms with Crippen LogP contribution in [0.15, 0.2) is 30.6 Å². The summed E-state index contributed by atoms with van der Waals surface area (Å²) in [6.07, 6.45) is 2.58. The van der Waals surface area contributed by atoms with Crippen LogP contribution in [0.2, 0.25) is 0 Å². The molecule has 2 rings (SSSR count). The Morgan fingerprint density at radius 3 is 2.61 bits per heavy atom. The summed E-state index contributed by atoms with van der Waals surface area (Å²) in [7, 11) is 1.84. The highest BCUT2D eigenvalue weighted by Crippen LogP contribution is 2.20. The average molecular weight is 242 g/mol. The van der Waals surface area contributed by atoms with Crippen LogP contribution in [0.25, 0.3) is 0 Å². The van der Waals surface area contributed by atoms with Gasteiger partial charge >= 0.3 is 0 Å². The van der Waals surface area contributed by atoms with Crippen molar-refractivity contribution in [2.75, 3.05) is 17.7 Å². The quantitative estimate of drug-likeness (QED) is 0.864. The van der Waals surface area contributed by atoms with Crippen molar-refractivity contribution in [3.8, 4) is 0 Å². The van der Waals surface area contributed by atoms with Gasteiger partial charge in [0.05, 0.1) is 0 Å². The number of nitrogens with one attached hydrogen (secondary N) is 2. The van der Waals surface area contributed by atoms with Crippen LogP contribution in [0.4, 0.5) is 17.3 Å². The minimum atomic E-state index is 0.792. The molecule has 1 aromatic heterocycles. The van der Waals surface area contributed by atoms with Gasteiger partial charge < -0.3 is 10.6 Å². The highest BCUT2D eigenvalue weighted by molar-refractivity contribution is 5.60. The van der Waals surface area contributed by atoms with Gasteiger partial charge in [-0.25, -0.2) is 9.97 Å². The van der Waals surface area contributed by atoms with Gasteiger partial charge in [0.1, 0.15) is 18.0 Å². The predicted molar refractivity (Wildman–Crippen MR) is 75.4 cm³/mol. The largest absolute Gasteiger partial charge is 0.373 e. The first-order chi connectivity index (χ1) is 8.72. The molecule has 0 aliphatic carbocycles. The molecule has 0 amide bonds. The fraction of sp³-hybridized carbons (Fsp3) is 0.286. The normalized spacial score (nSPS) is 10.2. The maximum atomic E-state index is 4.20. The van der Waals surface area contributed by atoms with E-state index in [1.54, 1.807) is 6.33 Å². The molecular weight excluding hydrogens is 224 g/mol. The van der Waals surface area contributed by atoms with Gasteiger partial charge in [-0.3, -0.25) is 0 Å². The molecule has 18 heavy (non-hydrogen) atoms. The summed E-state index contributed by atoms with van der Waals surface area (Å²) in [5.41, 5.74) is 3.72. The van der Waals surface area contributed by atoms with E-state index in [2.05, 4.69) is 52.6 Å². The molecule has 0 aliphatic rings. The Balaban J connectivity index is 2.22. The van der Waals surface area contributed by atoms with Crippen LogP contribution in [0.5, 0.6) is 0 Å². The summed E-state index contributed by atoms with van der Waals surface area (Å²) in [4.78, 5) is 8.28. The zero-order valence-electron chi connectivity index (χ0n) is 11.0. The van der Waals surface area contributed by atoms with Gasteiger partial charge in [-0.1, -0.05) is 13.0 Å². The number of benzene rings is 1. The summed E-state index contributed by atoms with van der Waals surface area (Å²) >= 11 is 0. The number of aromatic nitrogens is 2. The van der Waals surface area contributed by atoms with Gasteiger partial charge in [0.15, 0.2) is 0 Å². The molecule has 4 heteroatoms. The number of anilines is 3. The van der Waals surface area contributed by atoms with Crippen LogP contribution in [0.1, 0.15) is 18.1 Å². The number of aryl methyl sites for hydroxylation is 2. The Hall–Kier alpha value is -2.10. The van der Waals surface area contributed by atoms with Gasteiger partial charge in [-0.2, -0.15) is 0 Å². The molecule has 2 aromatic rings. The molecule has 0 aliphatic heterocycles. The molecule has 1 heterocycles. The summed E-state index contributed by atoms with van der Waals surface area (Å²) < 4.78 is 0. The standard InChI is InChI=1S/C14H18N4/c1-4-11-7-12(6-5-10(11)2)18-14-8-13(15-3)16-9-17-14/h5-9H,4H2,1-3H3,(H2,15,16,17,18). The highest BCUT2D eigenvalue weighted by atomic mass is 15.1. The summed E-state index contributed by atoms with van der Waals surface area (Å²) in [5.74, 6) is 1.59. The Labute approximate surface area is 107 Å². The Morgan fingerprint density at radius 1 is 1.11 bits per heavy atom. The van der Waals surface area contributed by atoms with E-state index in [1.807, 2.05) is 13.1 Å². The van der Waals surface area contributed by atoms with Crippen molar-refractivity contribution in [2.45, 2.75) is 20.3 Å². The number of nitrogens with zero attached hydrogens (tertiary/aromatic N) is 2. The summed E-state index contributed by atoms with van der Waals surface area (Å²) in [6.45, 7) is 4.29.